The minimum atomic E-state index is -4.52. The summed E-state index contributed by atoms with van der Waals surface area (Å²) in [5.41, 5.74) is 1.69. The zero-order valence-electron chi connectivity index (χ0n) is 13.5. The van der Waals surface area contributed by atoms with Crippen LogP contribution in [-0.2, 0) is 9.98 Å². The molecule has 2 N–H and O–H groups in total. The summed E-state index contributed by atoms with van der Waals surface area (Å²) >= 11 is 0. The number of phosphoric ester groups is 1. The van der Waals surface area contributed by atoms with Crippen LogP contribution in [-0.4, -0.2) is 9.79 Å². The Bertz CT molecular complexity index is 480. The van der Waals surface area contributed by atoms with Crippen molar-refractivity contribution in [3.63, 3.8) is 0 Å². The normalized spacial score (nSPS) is 12.2. The molecule has 0 aliphatic rings. The van der Waals surface area contributed by atoms with Crippen LogP contribution in [0.1, 0.15) is 53.1 Å². The summed E-state index contributed by atoms with van der Waals surface area (Å²) in [6.07, 6.45) is 0. The molecule has 0 atom stereocenters. The van der Waals surface area contributed by atoms with E-state index in [4.69, 9.17) is 14.3 Å². The van der Waals surface area contributed by atoms with Gasteiger partial charge in [-0.15, -0.1) is 0 Å². The molecule has 0 heterocycles. The van der Waals surface area contributed by atoms with Crippen LogP contribution in [0.5, 0.6) is 5.75 Å². The first-order valence-corrected chi connectivity index (χ1v) is 7.43. The predicted octanol–water partition coefficient (Wildman–Crippen LogP) is 0.695. The largest absolute Gasteiger partial charge is 1.00 e. The Morgan fingerprint density at radius 2 is 1.79 bits per heavy atom. The molecule has 4 nitrogen and oxygen atoms in total. The van der Waals surface area contributed by atoms with Crippen LogP contribution in [0.3, 0.4) is 0 Å². The Balaban J connectivity index is 0. The van der Waals surface area contributed by atoms with Crippen LogP contribution in [0.15, 0.2) is 18.2 Å². The molecule has 1 aromatic carbocycles. The molecule has 0 spiro atoms. The van der Waals surface area contributed by atoms with E-state index in [0.29, 0.717) is 5.92 Å². The van der Waals surface area contributed by atoms with Gasteiger partial charge in [0, 0.05) is 5.56 Å². The number of benzene rings is 1. The zero-order valence-corrected chi connectivity index (χ0v) is 15.4. The van der Waals surface area contributed by atoms with Crippen molar-refractivity contribution in [2.24, 2.45) is 0 Å². The molecule has 0 aliphatic carbocycles. The standard InChI is InChI=1S/C13H21O4P.Na.H/c1-9(2)10-6-7-12(17-18(14,15)16)11(8-10)13(3,4)5;;/h6-9H,1-5H3,(H2,14,15,16);;/q;+1;-1. The molecule has 0 saturated heterocycles. The predicted molar refractivity (Wildman–Crippen MR) is 73.0 cm³/mol. The first kappa shape index (κ1) is 19.2. The van der Waals surface area contributed by atoms with Crippen LogP contribution in [0.4, 0.5) is 0 Å². The number of hydrogen-bond acceptors (Lipinski definition) is 2. The molecule has 104 valence electrons. The molecular weight excluding hydrogens is 274 g/mol. The summed E-state index contributed by atoms with van der Waals surface area (Å²) in [5, 5.41) is 0. The summed E-state index contributed by atoms with van der Waals surface area (Å²) in [6, 6.07) is 5.43. The van der Waals surface area contributed by atoms with Crippen molar-refractivity contribution in [1.82, 2.24) is 0 Å². The van der Waals surface area contributed by atoms with Gasteiger partial charge in [-0.3, -0.25) is 9.79 Å². The maximum atomic E-state index is 11.0. The van der Waals surface area contributed by atoms with Crippen LogP contribution in [0.25, 0.3) is 0 Å². The van der Waals surface area contributed by atoms with Gasteiger partial charge in [0.15, 0.2) is 0 Å². The number of hydrogen-bond donors (Lipinski definition) is 2. The van der Waals surface area contributed by atoms with Crippen molar-refractivity contribution in [1.29, 1.82) is 0 Å². The molecule has 0 amide bonds. The van der Waals surface area contributed by atoms with E-state index >= 15 is 0 Å². The van der Waals surface area contributed by atoms with Gasteiger partial charge in [0.2, 0.25) is 0 Å². The Morgan fingerprint density at radius 1 is 1.26 bits per heavy atom. The average molecular weight is 296 g/mol. The van der Waals surface area contributed by atoms with Gasteiger partial charge in [-0.25, -0.2) is 4.57 Å². The summed E-state index contributed by atoms with van der Waals surface area (Å²) < 4.78 is 15.7. The van der Waals surface area contributed by atoms with Gasteiger partial charge in [0.05, 0.1) is 0 Å². The Kier molecular flexibility index (Phi) is 6.81. The SMILES string of the molecule is CC(C)c1ccc(OP(=O)(O)O)c(C(C)(C)C)c1.[H-].[Na+]. The number of rotatable bonds is 3. The molecule has 1 rings (SSSR count). The van der Waals surface area contributed by atoms with Crippen molar-refractivity contribution in [2.75, 3.05) is 0 Å². The van der Waals surface area contributed by atoms with Crippen molar-refractivity contribution in [3.05, 3.63) is 29.3 Å². The maximum absolute atomic E-state index is 11.0. The van der Waals surface area contributed by atoms with Gasteiger partial charge in [0.1, 0.15) is 5.75 Å². The summed E-state index contributed by atoms with van der Waals surface area (Å²) in [6.45, 7) is 10.1. The molecule has 0 fully saturated rings. The molecule has 1 aromatic rings. The first-order valence-electron chi connectivity index (χ1n) is 5.90. The molecule has 0 unspecified atom stereocenters. The van der Waals surface area contributed by atoms with Gasteiger partial charge < -0.3 is 5.95 Å². The van der Waals surface area contributed by atoms with Gasteiger partial charge in [-0.1, -0.05) is 46.8 Å². The number of phosphoric acid groups is 1. The van der Waals surface area contributed by atoms with E-state index < -0.39 is 7.82 Å². The van der Waals surface area contributed by atoms with E-state index in [1.54, 1.807) is 6.07 Å². The molecule has 19 heavy (non-hydrogen) atoms. The van der Waals surface area contributed by atoms with Gasteiger partial charge in [0.25, 0.3) is 0 Å². The molecule has 0 aromatic heterocycles. The third-order valence-electron chi connectivity index (χ3n) is 2.70. The Hall–Kier alpha value is 0.170. The van der Waals surface area contributed by atoms with Crippen LogP contribution in [0, 0.1) is 0 Å². The molecular formula is C13H22NaO4P. The summed E-state index contributed by atoms with van der Waals surface area (Å²) in [4.78, 5) is 17.9. The van der Waals surface area contributed by atoms with Gasteiger partial charge in [-0.2, -0.15) is 0 Å². The second-order valence-corrected chi connectivity index (χ2v) is 6.91. The second kappa shape index (κ2) is 6.75. The molecule has 6 heteroatoms. The van der Waals surface area contributed by atoms with Gasteiger partial charge in [-0.05, 0) is 23.0 Å². The van der Waals surface area contributed by atoms with Crippen LogP contribution in [0.2, 0.25) is 0 Å². The van der Waals surface area contributed by atoms with E-state index in [1.807, 2.05) is 32.9 Å². The molecule has 0 bridgehead atoms. The minimum absolute atomic E-state index is 0. The minimum Gasteiger partial charge on any atom is -1.00 e. The molecule has 0 radical (unpaired) electrons. The first-order chi connectivity index (χ1) is 8.00. The summed E-state index contributed by atoms with van der Waals surface area (Å²) in [5.74, 6) is 0.607. The second-order valence-electron chi connectivity index (χ2n) is 5.74. The molecule has 0 saturated carbocycles. The van der Waals surface area contributed by atoms with E-state index in [0.717, 1.165) is 11.1 Å². The van der Waals surface area contributed by atoms with Crippen molar-refractivity contribution < 1.29 is 49.9 Å². The average Bonchev–Trinajstić information content (AvgIpc) is 2.13. The smallest absolute Gasteiger partial charge is 1.00 e. The van der Waals surface area contributed by atoms with E-state index in [9.17, 15) is 4.57 Å². The van der Waals surface area contributed by atoms with Crippen molar-refractivity contribution in [3.8, 4) is 5.75 Å². The third-order valence-corrected chi connectivity index (χ3v) is 3.13. The van der Waals surface area contributed by atoms with Crippen LogP contribution < -0.4 is 34.1 Å². The topological polar surface area (TPSA) is 66.8 Å². The fourth-order valence-corrected chi connectivity index (χ4v) is 2.12. The monoisotopic (exact) mass is 296 g/mol. The zero-order chi connectivity index (χ0) is 14.1. The Labute approximate surface area is 138 Å². The Morgan fingerprint density at radius 3 is 2.16 bits per heavy atom. The van der Waals surface area contributed by atoms with Gasteiger partial charge >= 0.3 is 37.4 Å². The third kappa shape index (κ3) is 5.99. The fourth-order valence-electron chi connectivity index (χ4n) is 1.70. The quantitative estimate of drug-likeness (QED) is 0.636. The van der Waals surface area contributed by atoms with Crippen molar-refractivity contribution in [2.45, 2.75) is 46.0 Å². The van der Waals surface area contributed by atoms with E-state index in [2.05, 4.69) is 13.8 Å². The van der Waals surface area contributed by atoms with Crippen molar-refractivity contribution >= 4 is 7.82 Å². The van der Waals surface area contributed by atoms with Crippen LogP contribution >= 0.6 is 7.82 Å². The fraction of sp³-hybridized carbons (Fsp3) is 0.538. The molecule has 0 aliphatic heterocycles. The summed E-state index contributed by atoms with van der Waals surface area (Å²) in [7, 11) is -4.52. The van der Waals surface area contributed by atoms with E-state index in [1.165, 1.54) is 0 Å². The van der Waals surface area contributed by atoms with E-state index in [-0.39, 0.29) is 42.1 Å². The maximum Gasteiger partial charge on any atom is 1.00 e.